The molecule has 3 aromatic carbocycles. The van der Waals surface area contributed by atoms with Gasteiger partial charge in [0.15, 0.2) is 11.5 Å². The fraction of sp³-hybridized carbons (Fsp3) is 0.200. The highest BCUT2D eigenvalue weighted by atomic mass is 35.5. The summed E-state index contributed by atoms with van der Waals surface area (Å²) in [5, 5.41) is 4.40. The van der Waals surface area contributed by atoms with E-state index in [0.717, 1.165) is 9.87 Å². The van der Waals surface area contributed by atoms with E-state index < -0.39 is 22.5 Å². The van der Waals surface area contributed by atoms with Crippen LogP contribution in [0.1, 0.15) is 11.1 Å². The normalized spacial score (nSPS) is 13.2. The second-order valence-corrected chi connectivity index (χ2v) is 10.0. The van der Waals surface area contributed by atoms with E-state index in [4.69, 9.17) is 21.1 Å². The number of halogens is 1. The Labute approximate surface area is 209 Å². The molecule has 35 heavy (non-hydrogen) atoms. The SMILES string of the molecule is O=C(CN(CCc1ccccc1)S(=O)(=O)c1ccc2c(c1)OCCO2)N/N=C\c1ccccc1Cl. The number of hydrogen-bond donors (Lipinski definition) is 1. The molecular weight excluding hydrogens is 490 g/mol. The predicted molar refractivity (Wildman–Crippen MR) is 134 cm³/mol. The average molecular weight is 514 g/mol. The van der Waals surface area contributed by atoms with Crippen LogP contribution < -0.4 is 14.9 Å². The second-order valence-electron chi connectivity index (χ2n) is 7.69. The van der Waals surface area contributed by atoms with Crippen molar-refractivity contribution >= 4 is 33.7 Å². The van der Waals surface area contributed by atoms with Gasteiger partial charge in [0.25, 0.3) is 5.91 Å². The molecule has 0 radical (unpaired) electrons. The van der Waals surface area contributed by atoms with Crippen molar-refractivity contribution < 1.29 is 22.7 Å². The summed E-state index contributed by atoms with van der Waals surface area (Å²) in [6.07, 6.45) is 1.84. The van der Waals surface area contributed by atoms with E-state index >= 15 is 0 Å². The molecule has 1 N–H and O–H groups in total. The first-order valence-electron chi connectivity index (χ1n) is 10.9. The standard InChI is InChI=1S/C25H24ClN3O5S/c26-22-9-5-4-8-20(22)17-27-28-25(30)18-29(13-12-19-6-2-1-3-7-19)35(31,32)21-10-11-23-24(16-21)34-15-14-33-23/h1-11,16-17H,12-15,18H2,(H,28,30)/b27-17-. The Bertz CT molecular complexity index is 1320. The zero-order valence-corrected chi connectivity index (χ0v) is 20.3. The Balaban J connectivity index is 1.52. The van der Waals surface area contributed by atoms with Crippen molar-refractivity contribution in [3.8, 4) is 11.5 Å². The third kappa shape index (κ3) is 6.39. The topological polar surface area (TPSA) is 97.3 Å². The van der Waals surface area contributed by atoms with Crippen LogP contribution in [0.4, 0.5) is 0 Å². The molecule has 3 aromatic rings. The Morgan fingerprint density at radius 3 is 2.49 bits per heavy atom. The number of rotatable bonds is 9. The van der Waals surface area contributed by atoms with Crippen molar-refractivity contribution in [2.45, 2.75) is 11.3 Å². The molecule has 1 heterocycles. The number of nitrogens with one attached hydrogen (secondary N) is 1. The summed E-state index contributed by atoms with van der Waals surface area (Å²) in [6.45, 7) is 0.420. The highest BCUT2D eigenvalue weighted by Crippen LogP contribution is 2.33. The van der Waals surface area contributed by atoms with Gasteiger partial charge in [-0.25, -0.2) is 13.8 Å². The average Bonchev–Trinajstić information content (AvgIpc) is 2.88. The van der Waals surface area contributed by atoms with Crippen LogP contribution in [0, 0.1) is 0 Å². The molecule has 8 nitrogen and oxygen atoms in total. The fourth-order valence-electron chi connectivity index (χ4n) is 3.47. The first-order valence-corrected chi connectivity index (χ1v) is 12.8. The lowest BCUT2D eigenvalue weighted by atomic mass is 10.1. The molecule has 0 saturated carbocycles. The van der Waals surface area contributed by atoms with Gasteiger partial charge in [0, 0.05) is 23.2 Å². The summed E-state index contributed by atoms with van der Waals surface area (Å²) in [5.74, 6) is 0.259. The quantitative estimate of drug-likeness (QED) is 0.349. The number of amides is 1. The molecule has 1 aliphatic rings. The molecule has 0 spiro atoms. The number of ether oxygens (including phenoxy) is 2. The minimum atomic E-state index is -4.02. The Hall–Kier alpha value is -3.40. The van der Waals surface area contributed by atoms with Gasteiger partial charge in [-0.1, -0.05) is 60.1 Å². The van der Waals surface area contributed by atoms with E-state index in [1.165, 1.54) is 18.3 Å². The Morgan fingerprint density at radius 2 is 1.71 bits per heavy atom. The van der Waals surface area contributed by atoms with Crippen LogP contribution in [0.5, 0.6) is 11.5 Å². The number of carbonyl (C=O) groups excluding carboxylic acids is 1. The maximum atomic E-state index is 13.5. The smallest absolute Gasteiger partial charge is 0.255 e. The third-order valence-corrected chi connectivity index (χ3v) is 7.45. The maximum Gasteiger partial charge on any atom is 0.255 e. The lowest BCUT2D eigenvalue weighted by molar-refractivity contribution is -0.121. The largest absolute Gasteiger partial charge is 0.486 e. The van der Waals surface area contributed by atoms with Crippen LogP contribution in [-0.4, -0.2) is 51.1 Å². The summed E-state index contributed by atoms with van der Waals surface area (Å²) in [4.78, 5) is 12.7. The first kappa shape index (κ1) is 24.7. The molecule has 0 fully saturated rings. The molecule has 0 unspecified atom stereocenters. The minimum absolute atomic E-state index is 0.0159. The number of nitrogens with zero attached hydrogens (tertiary/aromatic N) is 2. The third-order valence-electron chi connectivity index (χ3n) is 5.26. The lowest BCUT2D eigenvalue weighted by Crippen LogP contribution is -2.40. The van der Waals surface area contributed by atoms with Gasteiger partial charge in [-0.3, -0.25) is 4.79 Å². The van der Waals surface area contributed by atoms with Gasteiger partial charge in [0.2, 0.25) is 10.0 Å². The molecule has 0 bridgehead atoms. The van der Waals surface area contributed by atoms with Crippen LogP contribution in [0.3, 0.4) is 0 Å². The van der Waals surface area contributed by atoms with Gasteiger partial charge in [0.05, 0.1) is 17.7 Å². The number of fused-ring (bicyclic) bond motifs is 1. The molecule has 0 atom stereocenters. The van der Waals surface area contributed by atoms with Gasteiger partial charge < -0.3 is 9.47 Å². The highest BCUT2D eigenvalue weighted by Gasteiger charge is 2.28. The van der Waals surface area contributed by atoms with Gasteiger partial charge in [-0.15, -0.1) is 0 Å². The zero-order chi connectivity index (χ0) is 24.7. The van der Waals surface area contributed by atoms with Crippen molar-refractivity contribution in [3.05, 3.63) is 88.9 Å². The summed E-state index contributed by atoms with van der Waals surface area (Å²) in [5.41, 5.74) is 3.96. The lowest BCUT2D eigenvalue weighted by Gasteiger charge is -2.23. The predicted octanol–water partition coefficient (Wildman–Crippen LogP) is 3.49. The summed E-state index contributed by atoms with van der Waals surface area (Å²) in [6, 6.07) is 20.9. The van der Waals surface area contributed by atoms with E-state index in [-0.39, 0.29) is 11.4 Å². The molecule has 0 aliphatic carbocycles. The van der Waals surface area contributed by atoms with Crippen molar-refractivity contribution in [1.29, 1.82) is 0 Å². The molecule has 0 aromatic heterocycles. The van der Waals surface area contributed by atoms with Crippen molar-refractivity contribution in [2.75, 3.05) is 26.3 Å². The van der Waals surface area contributed by atoms with Gasteiger partial charge in [-0.2, -0.15) is 9.41 Å². The minimum Gasteiger partial charge on any atom is -0.486 e. The number of benzene rings is 3. The summed E-state index contributed by atoms with van der Waals surface area (Å²) < 4.78 is 39.2. The molecule has 0 saturated heterocycles. The van der Waals surface area contributed by atoms with Crippen molar-refractivity contribution in [1.82, 2.24) is 9.73 Å². The second kappa shape index (κ2) is 11.4. The molecular formula is C25H24ClN3O5S. The number of hydrogen-bond acceptors (Lipinski definition) is 6. The molecule has 182 valence electrons. The Kier molecular flexibility index (Phi) is 8.02. The summed E-state index contributed by atoms with van der Waals surface area (Å²) in [7, 11) is -4.02. The molecule has 1 aliphatic heterocycles. The van der Waals surface area contributed by atoms with E-state index in [9.17, 15) is 13.2 Å². The first-order chi connectivity index (χ1) is 16.9. The number of sulfonamides is 1. The fourth-order valence-corrected chi connectivity index (χ4v) is 5.06. The van der Waals surface area contributed by atoms with Gasteiger partial charge >= 0.3 is 0 Å². The van der Waals surface area contributed by atoms with Crippen LogP contribution in [0.25, 0.3) is 0 Å². The van der Waals surface area contributed by atoms with E-state index in [1.54, 1.807) is 30.3 Å². The molecule has 1 amide bonds. The van der Waals surface area contributed by atoms with Gasteiger partial charge in [0.1, 0.15) is 13.2 Å². The van der Waals surface area contributed by atoms with E-state index in [1.807, 2.05) is 30.3 Å². The monoisotopic (exact) mass is 513 g/mol. The van der Waals surface area contributed by atoms with Crippen LogP contribution in [0.2, 0.25) is 5.02 Å². The van der Waals surface area contributed by atoms with Crippen molar-refractivity contribution in [2.24, 2.45) is 5.10 Å². The molecule has 4 rings (SSSR count). The number of hydrazone groups is 1. The van der Waals surface area contributed by atoms with E-state index in [2.05, 4.69) is 10.5 Å². The Morgan fingerprint density at radius 1 is 1.00 bits per heavy atom. The van der Waals surface area contributed by atoms with Crippen LogP contribution >= 0.6 is 11.6 Å². The van der Waals surface area contributed by atoms with E-state index in [0.29, 0.717) is 41.7 Å². The maximum absolute atomic E-state index is 13.5. The molecule has 10 heteroatoms. The number of carbonyl (C=O) groups is 1. The highest BCUT2D eigenvalue weighted by molar-refractivity contribution is 7.89. The van der Waals surface area contributed by atoms with Crippen LogP contribution in [-0.2, 0) is 21.2 Å². The van der Waals surface area contributed by atoms with Gasteiger partial charge in [-0.05, 0) is 30.2 Å². The van der Waals surface area contributed by atoms with Crippen molar-refractivity contribution in [3.63, 3.8) is 0 Å². The van der Waals surface area contributed by atoms with Crippen LogP contribution in [0.15, 0.2) is 82.8 Å². The zero-order valence-electron chi connectivity index (χ0n) is 18.8. The summed E-state index contributed by atoms with van der Waals surface area (Å²) >= 11 is 6.09.